The minimum absolute atomic E-state index is 0.0799. The van der Waals surface area contributed by atoms with Crippen molar-refractivity contribution in [1.82, 2.24) is 5.32 Å². The Morgan fingerprint density at radius 3 is 2.62 bits per heavy atom. The van der Waals surface area contributed by atoms with Gasteiger partial charge in [0, 0.05) is 17.5 Å². The van der Waals surface area contributed by atoms with Crippen LogP contribution >= 0.6 is 11.6 Å². The summed E-state index contributed by atoms with van der Waals surface area (Å²) in [6.45, 7) is 1.92. The summed E-state index contributed by atoms with van der Waals surface area (Å²) in [5, 5.41) is 2.83. The molecule has 0 aliphatic carbocycles. The van der Waals surface area contributed by atoms with E-state index < -0.39 is 0 Å². The third-order valence-electron chi connectivity index (χ3n) is 2.25. The predicted molar refractivity (Wildman–Crippen MR) is 63.3 cm³/mol. The fourth-order valence-electron chi connectivity index (χ4n) is 1.36. The van der Waals surface area contributed by atoms with Crippen molar-refractivity contribution in [3.8, 4) is 0 Å². The number of benzene rings is 1. The van der Waals surface area contributed by atoms with Crippen LogP contribution in [0, 0.1) is 5.82 Å². The largest absolute Gasteiger partial charge is 0.350 e. The third kappa shape index (κ3) is 4.19. The molecule has 1 aromatic carbocycles. The lowest BCUT2D eigenvalue weighted by molar-refractivity contribution is 0.0938. The van der Waals surface area contributed by atoms with E-state index in [0.29, 0.717) is 11.4 Å². The number of carbonyl (C=O) groups excluding carboxylic acids is 1. The summed E-state index contributed by atoms with van der Waals surface area (Å²) in [6.07, 6.45) is 1.71. The number of rotatable bonds is 5. The van der Waals surface area contributed by atoms with Crippen LogP contribution < -0.4 is 5.32 Å². The van der Waals surface area contributed by atoms with Crippen LogP contribution in [0.15, 0.2) is 24.3 Å². The molecule has 1 unspecified atom stereocenters. The van der Waals surface area contributed by atoms with Gasteiger partial charge in [-0.25, -0.2) is 4.39 Å². The number of halogens is 2. The number of nitrogens with one attached hydrogen (secondary N) is 1. The van der Waals surface area contributed by atoms with Crippen molar-refractivity contribution in [2.24, 2.45) is 0 Å². The number of alkyl halides is 1. The number of hydrogen-bond donors (Lipinski definition) is 1. The monoisotopic (exact) mass is 243 g/mol. The summed E-state index contributed by atoms with van der Waals surface area (Å²) >= 11 is 5.56. The van der Waals surface area contributed by atoms with Crippen molar-refractivity contribution in [2.45, 2.75) is 25.8 Å². The van der Waals surface area contributed by atoms with E-state index in [4.69, 9.17) is 11.6 Å². The molecule has 2 nitrogen and oxygen atoms in total. The van der Waals surface area contributed by atoms with E-state index in [2.05, 4.69) is 5.32 Å². The number of amides is 1. The third-order valence-corrected chi connectivity index (χ3v) is 2.52. The van der Waals surface area contributed by atoms with E-state index in [1.807, 2.05) is 6.92 Å². The van der Waals surface area contributed by atoms with E-state index >= 15 is 0 Å². The molecule has 1 aromatic rings. The highest BCUT2D eigenvalue weighted by Crippen LogP contribution is 2.04. The molecular formula is C12H15ClFNO. The first-order valence-corrected chi connectivity index (χ1v) is 5.79. The van der Waals surface area contributed by atoms with Gasteiger partial charge in [0.15, 0.2) is 0 Å². The zero-order valence-corrected chi connectivity index (χ0v) is 9.93. The average molecular weight is 244 g/mol. The molecule has 0 radical (unpaired) electrons. The van der Waals surface area contributed by atoms with Gasteiger partial charge in [-0.3, -0.25) is 4.79 Å². The smallest absolute Gasteiger partial charge is 0.251 e. The van der Waals surface area contributed by atoms with Gasteiger partial charge in [0.1, 0.15) is 5.82 Å². The van der Waals surface area contributed by atoms with Gasteiger partial charge in [0.2, 0.25) is 0 Å². The quantitative estimate of drug-likeness (QED) is 0.792. The van der Waals surface area contributed by atoms with Crippen LogP contribution in [0.2, 0.25) is 0 Å². The molecule has 0 bridgehead atoms. The number of hydrogen-bond acceptors (Lipinski definition) is 1. The molecule has 0 aliphatic rings. The minimum Gasteiger partial charge on any atom is -0.350 e. The second kappa shape index (κ2) is 6.48. The zero-order valence-electron chi connectivity index (χ0n) is 9.17. The summed E-state index contributed by atoms with van der Waals surface area (Å²) in [7, 11) is 0. The Bertz CT molecular complexity index is 339. The maximum atomic E-state index is 12.6. The van der Waals surface area contributed by atoms with Gasteiger partial charge < -0.3 is 5.32 Å². The summed E-state index contributed by atoms with van der Waals surface area (Å²) in [5.74, 6) is 0.0744. The molecule has 1 atom stereocenters. The molecule has 0 spiro atoms. The van der Waals surface area contributed by atoms with Crippen molar-refractivity contribution >= 4 is 17.5 Å². The van der Waals surface area contributed by atoms with Gasteiger partial charge in [-0.2, -0.15) is 0 Å². The van der Waals surface area contributed by atoms with Gasteiger partial charge in [0.05, 0.1) is 0 Å². The molecule has 0 saturated carbocycles. The Hall–Kier alpha value is -1.09. The van der Waals surface area contributed by atoms with Gasteiger partial charge in [0.25, 0.3) is 5.91 Å². The second-order valence-corrected chi connectivity index (χ2v) is 4.09. The van der Waals surface area contributed by atoms with Gasteiger partial charge >= 0.3 is 0 Å². The maximum Gasteiger partial charge on any atom is 0.251 e. The number of carbonyl (C=O) groups is 1. The van der Waals surface area contributed by atoms with Crippen LogP contribution in [0.3, 0.4) is 0 Å². The van der Waals surface area contributed by atoms with Crippen molar-refractivity contribution < 1.29 is 9.18 Å². The van der Waals surface area contributed by atoms with Crippen LogP contribution in [0.5, 0.6) is 0 Å². The molecule has 16 heavy (non-hydrogen) atoms. The normalized spacial score (nSPS) is 12.2. The van der Waals surface area contributed by atoms with E-state index in [1.54, 1.807) is 0 Å². The van der Waals surface area contributed by atoms with E-state index in [0.717, 1.165) is 12.8 Å². The Labute approximate surface area is 99.8 Å². The van der Waals surface area contributed by atoms with Crippen LogP contribution in [0.4, 0.5) is 4.39 Å². The molecule has 88 valence electrons. The first kappa shape index (κ1) is 13.0. The van der Waals surface area contributed by atoms with Crippen molar-refractivity contribution in [3.05, 3.63) is 35.6 Å². The first-order chi connectivity index (χ1) is 7.63. The second-order valence-electron chi connectivity index (χ2n) is 3.71. The van der Waals surface area contributed by atoms with E-state index in [9.17, 15) is 9.18 Å². The summed E-state index contributed by atoms with van der Waals surface area (Å²) in [4.78, 5) is 11.7. The highest BCUT2D eigenvalue weighted by molar-refractivity contribution is 6.17. The highest BCUT2D eigenvalue weighted by Gasteiger charge is 2.09. The molecule has 1 rings (SSSR count). The lowest BCUT2D eigenvalue weighted by Gasteiger charge is -2.12. The maximum absolute atomic E-state index is 12.6. The standard InChI is InChI=1S/C12H15ClFNO/c1-9(3-2-8-13)15-12(16)10-4-6-11(14)7-5-10/h4-7,9H,2-3,8H2,1H3,(H,15,16). The lowest BCUT2D eigenvalue weighted by atomic mass is 10.1. The Kier molecular flexibility index (Phi) is 5.26. The first-order valence-electron chi connectivity index (χ1n) is 5.26. The van der Waals surface area contributed by atoms with Crippen LogP contribution in [-0.2, 0) is 0 Å². The summed E-state index contributed by atoms with van der Waals surface area (Å²) in [6, 6.07) is 5.57. The molecule has 0 aromatic heterocycles. The topological polar surface area (TPSA) is 29.1 Å². The highest BCUT2D eigenvalue weighted by atomic mass is 35.5. The molecule has 0 aliphatic heterocycles. The van der Waals surface area contributed by atoms with Gasteiger partial charge in [-0.05, 0) is 44.0 Å². The molecule has 0 fully saturated rings. The lowest BCUT2D eigenvalue weighted by Crippen LogP contribution is -2.32. The fourth-order valence-corrected chi connectivity index (χ4v) is 1.52. The Balaban J connectivity index is 2.48. The van der Waals surface area contributed by atoms with Gasteiger partial charge in [-0.15, -0.1) is 11.6 Å². The Morgan fingerprint density at radius 1 is 1.44 bits per heavy atom. The molecule has 1 amide bonds. The zero-order chi connectivity index (χ0) is 12.0. The van der Waals surface area contributed by atoms with Crippen LogP contribution in [-0.4, -0.2) is 17.8 Å². The molecule has 0 heterocycles. The minimum atomic E-state index is -0.341. The average Bonchev–Trinajstić information content (AvgIpc) is 2.27. The summed E-state index contributed by atoms with van der Waals surface area (Å²) < 4.78 is 12.6. The van der Waals surface area contributed by atoms with E-state index in [-0.39, 0.29) is 17.8 Å². The molecule has 4 heteroatoms. The predicted octanol–water partition coefficient (Wildman–Crippen LogP) is 2.96. The fraction of sp³-hybridized carbons (Fsp3) is 0.417. The SMILES string of the molecule is CC(CCCCl)NC(=O)c1ccc(F)cc1. The molecular weight excluding hydrogens is 229 g/mol. The Morgan fingerprint density at radius 2 is 2.06 bits per heavy atom. The van der Waals surface area contributed by atoms with Crippen molar-refractivity contribution in [3.63, 3.8) is 0 Å². The van der Waals surface area contributed by atoms with Gasteiger partial charge in [-0.1, -0.05) is 0 Å². The van der Waals surface area contributed by atoms with Crippen LogP contribution in [0.1, 0.15) is 30.1 Å². The van der Waals surface area contributed by atoms with Crippen molar-refractivity contribution in [1.29, 1.82) is 0 Å². The molecule has 0 saturated heterocycles. The molecule has 1 N–H and O–H groups in total. The summed E-state index contributed by atoms with van der Waals surface area (Å²) in [5.41, 5.74) is 0.471. The van der Waals surface area contributed by atoms with Crippen molar-refractivity contribution in [2.75, 3.05) is 5.88 Å². The van der Waals surface area contributed by atoms with E-state index in [1.165, 1.54) is 24.3 Å². The van der Waals surface area contributed by atoms with Crippen LogP contribution in [0.25, 0.3) is 0 Å².